The highest BCUT2D eigenvalue weighted by Gasteiger charge is 2.16. The zero-order chi connectivity index (χ0) is 15.0. The summed E-state index contributed by atoms with van der Waals surface area (Å²) in [5.41, 5.74) is 1.01. The molecule has 1 rings (SSSR count). The number of sulfonamides is 1. The van der Waals surface area contributed by atoms with Crippen LogP contribution in [0.3, 0.4) is 0 Å². The van der Waals surface area contributed by atoms with Crippen molar-refractivity contribution in [1.29, 1.82) is 5.26 Å². The molecule has 0 saturated heterocycles. The van der Waals surface area contributed by atoms with Gasteiger partial charge in [-0.05, 0) is 49.5 Å². The third kappa shape index (κ3) is 5.16. The van der Waals surface area contributed by atoms with E-state index in [2.05, 4.69) is 11.0 Å². The molecule has 0 saturated carbocycles. The van der Waals surface area contributed by atoms with Crippen LogP contribution in [-0.4, -0.2) is 27.0 Å². The number of aryl methyl sites for hydroxylation is 1. The van der Waals surface area contributed by atoms with E-state index in [0.29, 0.717) is 17.7 Å². The topological polar surface area (TPSA) is 70.0 Å². The predicted octanol–water partition coefficient (Wildman–Crippen LogP) is 2.68. The fourth-order valence-electron chi connectivity index (χ4n) is 1.79. The Labute approximate surface area is 125 Å². The summed E-state index contributed by atoms with van der Waals surface area (Å²) >= 11 is 1.80. The van der Waals surface area contributed by atoms with E-state index in [9.17, 15) is 8.42 Å². The first kappa shape index (κ1) is 17.0. The van der Waals surface area contributed by atoms with Gasteiger partial charge in [-0.15, -0.1) is 0 Å². The molecule has 0 aliphatic heterocycles. The second-order valence-electron chi connectivity index (χ2n) is 4.54. The number of benzene rings is 1. The van der Waals surface area contributed by atoms with Crippen molar-refractivity contribution in [3.05, 3.63) is 29.3 Å². The van der Waals surface area contributed by atoms with Crippen molar-refractivity contribution in [2.45, 2.75) is 31.1 Å². The van der Waals surface area contributed by atoms with Gasteiger partial charge in [0.05, 0.1) is 16.5 Å². The van der Waals surface area contributed by atoms with Gasteiger partial charge in [0.25, 0.3) is 0 Å². The van der Waals surface area contributed by atoms with Crippen LogP contribution >= 0.6 is 11.8 Å². The summed E-state index contributed by atoms with van der Waals surface area (Å²) in [6.45, 7) is 2.17. The van der Waals surface area contributed by atoms with Gasteiger partial charge in [-0.25, -0.2) is 13.1 Å². The third-order valence-electron chi connectivity index (χ3n) is 2.92. The summed E-state index contributed by atoms with van der Waals surface area (Å²) in [7, 11) is -3.52. The van der Waals surface area contributed by atoms with Crippen LogP contribution in [0.15, 0.2) is 23.1 Å². The normalized spacial score (nSPS) is 11.2. The average Bonchev–Trinajstić information content (AvgIpc) is 2.43. The zero-order valence-corrected chi connectivity index (χ0v) is 13.5. The minimum Gasteiger partial charge on any atom is -0.211 e. The van der Waals surface area contributed by atoms with Crippen molar-refractivity contribution in [3.63, 3.8) is 0 Å². The highest BCUT2D eigenvalue weighted by Crippen LogP contribution is 2.16. The summed E-state index contributed by atoms with van der Waals surface area (Å²) in [5, 5.41) is 8.85. The highest BCUT2D eigenvalue weighted by atomic mass is 32.2. The van der Waals surface area contributed by atoms with Crippen LogP contribution in [0, 0.1) is 18.3 Å². The van der Waals surface area contributed by atoms with Gasteiger partial charge >= 0.3 is 0 Å². The maximum absolute atomic E-state index is 12.2. The van der Waals surface area contributed by atoms with Crippen LogP contribution in [0.25, 0.3) is 0 Å². The number of unbranched alkanes of at least 4 members (excludes halogenated alkanes) is 2. The zero-order valence-electron chi connectivity index (χ0n) is 11.8. The van der Waals surface area contributed by atoms with Crippen LogP contribution < -0.4 is 4.72 Å². The first-order valence-corrected chi connectivity index (χ1v) is 9.38. The van der Waals surface area contributed by atoms with E-state index in [1.807, 2.05) is 6.07 Å². The van der Waals surface area contributed by atoms with Gasteiger partial charge in [-0.2, -0.15) is 17.0 Å². The molecular formula is C14H20N2O2S2. The molecule has 0 aromatic heterocycles. The first-order valence-electron chi connectivity index (χ1n) is 6.50. The standard InChI is InChI=1S/C14H20N2O2S2/c1-12-6-7-13(11-15)10-14(12)20(17,18)16-8-4-3-5-9-19-2/h6-7,10,16H,3-5,8-9H2,1-2H3. The summed E-state index contributed by atoms with van der Waals surface area (Å²) in [6.07, 6.45) is 5.01. The molecule has 0 bridgehead atoms. The fraction of sp³-hybridized carbons (Fsp3) is 0.500. The van der Waals surface area contributed by atoms with Gasteiger partial charge in [0.15, 0.2) is 0 Å². The van der Waals surface area contributed by atoms with Gasteiger partial charge in [0.1, 0.15) is 0 Å². The van der Waals surface area contributed by atoms with E-state index in [4.69, 9.17) is 5.26 Å². The van der Waals surface area contributed by atoms with E-state index < -0.39 is 10.0 Å². The Hall–Kier alpha value is -1.03. The molecule has 0 aliphatic rings. The monoisotopic (exact) mass is 312 g/mol. The molecule has 6 heteroatoms. The van der Waals surface area contributed by atoms with Gasteiger partial charge in [0, 0.05) is 6.54 Å². The number of hydrogen-bond acceptors (Lipinski definition) is 4. The Morgan fingerprint density at radius 3 is 2.70 bits per heavy atom. The lowest BCUT2D eigenvalue weighted by Gasteiger charge is -2.09. The predicted molar refractivity (Wildman–Crippen MR) is 83.3 cm³/mol. The van der Waals surface area contributed by atoms with Crippen molar-refractivity contribution < 1.29 is 8.42 Å². The molecule has 1 aromatic rings. The molecule has 20 heavy (non-hydrogen) atoms. The smallest absolute Gasteiger partial charge is 0.211 e. The molecule has 0 atom stereocenters. The van der Waals surface area contributed by atoms with Gasteiger partial charge in [-0.3, -0.25) is 0 Å². The Morgan fingerprint density at radius 2 is 2.05 bits per heavy atom. The Kier molecular flexibility index (Phi) is 7.06. The number of hydrogen-bond donors (Lipinski definition) is 1. The number of nitrogens with zero attached hydrogens (tertiary/aromatic N) is 1. The van der Waals surface area contributed by atoms with Gasteiger partial charge in [-0.1, -0.05) is 12.5 Å². The molecule has 0 aliphatic carbocycles. The van der Waals surface area contributed by atoms with Crippen LogP contribution in [-0.2, 0) is 10.0 Å². The molecule has 0 heterocycles. The van der Waals surface area contributed by atoms with Crippen molar-refractivity contribution in [2.24, 2.45) is 0 Å². The van der Waals surface area contributed by atoms with Crippen molar-refractivity contribution in [2.75, 3.05) is 18.6 Å². The molecule has 1 N–H and O–H groups in total. The van der Waals surface area contributed by atoms with Crippen LogP contribution in [0.5, 0.6) is 0 Å². The number of rotatable bonds is 8. The summed E-state index contributed by atoms with van der Waals surface area (Å²) in [5.74, 6) is 1.11. The molecule has 0 radical (unpaired) electrons. The Bertz CT molecular complexity index is 577. The Balaban J connectivity index is 2.63. The molecule has 0 fully saturated rings. The lowest BCUT2D eigenvalue weighted by Crippen LogP contribution is -2.25. The molecule has 0 spiro atoms. The quantitative estimate of drug-likeness (QED) is 0.749. The SMILES string of the molecule is CSCCCCCNS(=O)(=O)c1cc(C#N)ccc1C. The van der Waals surface area contributed by atoms with Gasteiger partial charge < -0.3 is 0 Å². The van der Waals surface area contributed by atoms with Gasteiger partial charge in [0.2, 0.25) is 10.0 Å². The van der Waals surface area contributed by atoms with Crippen molar-refractivity contribution in [1.82, 2.24) is 4.72 Å². The molecule has 0 unspecified atom stereocenters. The lowest BCUT2D eigenvalue weighted by molar-refractivity contribution is 0.575. The number of nitriles is 1. The minimum atomic E-state index is -3.52. The summed E-state index contributed by atoms with van der Waals surface area (Å²) in [6, 6.07) is 6.66. The lowest BCUT2D eigenvalue weighted by atomic mass is 10.2. The van der Waals surface area contributed by atoms with E-state index in [1.165, 1.54) is 6.07 Å². The van der Waals surface area contributed by atoms with E-state index in [-0.39, 0.29) is 4.90 Å². The molecule has 0 amide bonds. The minimum absolute atomic E-state index is 0.195. The number of nitrogens with one attached hydrogen (secondary N) is 1. The maximum Gasteiger partial charge on any atom is 0.240 e. The van der Waals surface area contributed by atoms with E-state index in [1.54, 1.807) is 30.8 Å². The van der Waals surface area contributed by atoms with Crippen molar-refractivity contribution >= 4 is 21.8 Å². The molecule has 4 nitrogen and oxygen atoms in total. The van der Waals surface area contributed by atoms with Crippen molar-refractivity contribution in [3.8, 4) is 6.07 Å². The third-order valence-corrected chi connectivity index (χ3v) is 5.22. The summed E-state index contributed by atoms with van der Waals surface area (Å²) in [4.78, 5) is 0.195. The average molecular weight is 312 g/mol. The van der Waals surface area contributed by atoms with Crippen LogP contribution in [0.1, 0.15) is 30.4 Å². The van der Waals surface area contributed by atoms with Crippen LogP contribution in [0.4, 0.5) is 0 Å². The molecule has 1 aromatic carbocycles. The second kappa shape index (κ2) is 8.30. The first-order chi connectivity index (χ1) is 9.51. The maximum atomic E-state index is 12.2. The molecular weight excluding hydrogens is 292 g/mol. The van der Waals surface area contributed by atoms with E-state index >= 15 is 0 Å². The highest BCUT2D eigenvalue weighted by molar-refractivity contribution is 7.98. The van der Waals surface area contributed by atoms with Crippen LogP contribution in [0.2, 0.25) is 0 Å². The molecule has 110 valence electrons. The fourth-order valence-corrected chi connectivity index (χ4v) is 3.63. The summed E-state index contributed by atoms with van der Waals surface area (Å²) < 4.78 is 27.0. The largest absolute Gasteiger partial charge is 0.240 e. The van der Waals surface area contributed by atoms with E-state index in [0.717, 1.165) is 25.0 Å². The Morgan fingerprint density at radius 1 is 1.30 bits per heavy atom. The number of thioether (sulfide) groups is 1. The second-order valence-corrected chi connectivity index (χ2v) is 7.26.